The number of hydrogen-bond donors (Lipinski definition) is 0. The van der Waals surface area contributed by atoms with Gasteiger partial charge in [-0.15, -0.1) is 10.2 Å². The summed E-state index contributed by atoms with van der Waals surface area (Å²) in [5, 5.41) is 8.03. The van der Waals surface area contributed by atoms with Crippen LogP contribution >= 0.6 is 0 Å². The molecule has 7 nitrogen and oxygen atoms in total. The molecule has 3 rings (SSSR count). The summed E-state index contributed by atoms with van der Waals surface area (Å²) in [6.07, 6.45) is 1.66. The van der Waals surface area contributed by atoms with E-state index in [0.717, 1.165) is 5.56 Å². The highest BCUT2D eigenvalue weighted by molar-refractivity contribution is 5.94. The van der Waals surface area contributed by atoms with Gasteiger partial charge in [-0.2, -0.15) is 0 Å². The number of rotatable bonds is 5. The SMILES string of the molecule is CC(C)n1cnnc1CN1C(=O)CN(Cc2ccccc2)C(=O)[C@@H]1C. The van der Waals surface area contributed by atoms with Crippen LogP contribution in [0.4, 0.5) is 0 Å². The topological polar surface area (TPSA) is 71.3 Å². The summed E-state index contributed by atoms with van der Waals surface area (Å²) >= 11 is 0. The first-order valence-electron chi connectivity index (χ1n) is 8.48. The van der Waals surface area contributed by atoms with Gasteiger partial charge in [0.15, 0.2) is 5.82 Å². The second-order valence-corrected chi connectivity index (χ2v) is 6.63. The van der Waals surface area contributed by atoms with Crippen molar-refractivity contribution < 1.29 is 9.59 Å². The van der Waals surface area contributed by atoms with Gasteiger partial charge >= 0.3 is 0 Å². The van der Waals surface area contributed by atoms with Gasteiger partial charge in [-0.3, -0.25) is 9.59 Å². The number of carbonyl (C=O) groups excluding carboxylic acids is 2. The zero-order valence-electron chi connectivity index (χ0n) is 14.8. The van der Waals surface area contributed by atoms with E-state index in [0.29, 0.717) is 18.9 Å². The van der Waals surface area contributed by atoms with Gasteiger partial charge in [0.1, 0.15) is 18.9 Å². The van der Waals surface area contributed by atoms with Gasteiger partial charge in [0.25, 0.3) is 0 Å². The highest BCUT2D eigenvalue weighted by Crippen LogP contribution is 2.18. The molecule has 2 amide bonds. The first-order valence-corrected chi connectivity index (χ1v) is 8.48. The van der Waals surface area contributed by atoms with Crippen LogP contribution in [0.3, 0.4) is 0 Å². The molecule has 1 aliphatic rings. The minimum atomic E-state index is -0.512. The molecule has 25 heavy (non-hydrogen) atoms. The Morgan fingerprint density at radius 1 is 1.16 bits per heavy atom. The van der Waals surface area contributed by atoms with Crippen molar-refractivity contribution in [2.45, 2.75) is 45.9 Å². The van der Waals surface area contributed by atoms with E-state index in [1.807, 2.05) is 48.7 Å². The van der Waals surface area contributed by atoms with Gasteiger partial charge in [0.05, 0.1) is 6.54 Å². The summed E-state index contributed by atoms with van der Waals surface area (Å²) in [4.78, 5) is 28.6. The summed E-state index contributed by atoms with van der Waals surface area (Å²) in [5.74, 6) is 0.583. The fourth-order valence-corrected chi connectivity index (χ4v) is 3.07. The highest BCUT2D eigenvalue weighted by atomic mass is 16.2. The van der Waals surface area contributed by atoms with Crippen molar-refractivity contribution in [3.63, 3.8) is 0 Å². The third kappa shape index (κ3) is 3.55. The highest BCUT2D eigenvalue weighted by Gasteiger charge is 2.37. The van der Waals surface area contributed by atoms with Crippen molar-refractivity contribution in [2.75, 3.05) is 6.54 Å². The van der Waals surface area contributed by atoms with Gasteiger partial charge in [0.2, 0.25) is 11.8 Å². The molecule has 0 radical (unpaired) electrons. The van der Waals surface area contributed by atoms with E-state index in [1.165, 1.54) is 0 Å². The molecule has 0 spiro atoms. The van der Waals surface area contributed by atoms with Crippen LogP contribution in [0.5, 0.6) is 0 Å². The molecule has 7 heteroatoms. The summed E-state index contributed by atoms with van der Waals surface area (Å²) in [7, 11) is 0. The summed E-state index contributed by atoms with van der Waals surface area (Å²) in [6, 6.07) is 9.40. The van der Waals surface area contributed by atoms with Gasteiger partial charge in [-0.25, -0.2) is 0 Å². The zero-order chi connectivity index (χ0) is 18.0. The van der Waals surface area contributed by atoms with E-state index >= 15 is 0 Å². The molecule has 1 atom stereocenters. The number of benzene rings is 1. The first kappa shape index (κ1) is 17.1. The van der Waals surface area contributed by atoms with E-state index in [2.05, 4.69) is 10.2 Å². The first-order chi connectivity index (χ1) is 12.0. The van der Waals surface area contributed by atoms with E-state index < -0.39 is 6.04 Å². The van der Waals surface area contributed by atoms with Crippen molar-refractivity contribution in [1.29, 1.82) is 0 Å². The Morgan fingerprint density at radius 3 is 2.56 bits per heavy atom. The monoisotopic (exact) mass is 341 g/mol. The Kier molecular flexibility index (Phi) is 4.83. The molecule has 132 valence electrons. The molecule has 0 unspecified atom stereocenters. The lowest BCUT2D eigenvalue weighted by molar-refractivity contribution is -0.156. The van der Waals surface area contributed by atoms with Crippen LogP contribution in [-0.4, -0.2) is 49.0 Å². The van der Waals surface area contributed by atoms with E-state index in [9.17, 15) is 9.59 Å². The third-order valence-electron chi connectivity index (χ3n) is 4.51. The molecule has 2 heterocycles. The molecule has 0 saturated carbocycles. The smallest absolute Gasteiger partial charge is 0.245 e. The number of hydrogen-bond acceptors (Lipinski definition) is 4. The van der Waals surface area contributed by atoms with Crippen LogP contribution < -0.4 is 0 Å². The molecule has 1 aromatic heterocycles. The van der Waals surface area contributed by atoms with Crippen LogP contribution in [0.2, 0.25) is 0 Å². The standard InChI is InChI=1S/C18H23N5O2/c1-13(2)23-12-19-20-16(23)10-22-14(3)18(25)21(11-17(22)24)9-15-7-5-4-6-8-15/h4-8,12-14H,9-11H2,1-3H3/t14-/m0/s1. The number of carbonyl (C=O) groups is 2. The Hall–Kier alpha value is -2.70. The number of aromatic nitrogens is 3. The second-order valence-electron chi connectivity index (χ2n) is 6.63. The van der Waals surface area contributed by atoms with E-state index in [-0.39, 0.29) is 24.4 Å². The van der Waals surface area contributed by atoms with Gasteiger partial charge in [-0.1, -0.05) is 30.3 Å². The van der Waals surface area contributed by atoms with Crippen LogP contribution in [0.15, 0.2) is 36.7 Å². The fraction of sp³-hybridized carbons (Fsp3) is 0.444. The van der Waals surface area contributed by atoms with E-state index in [1.54, 1.807) is 23.1 Å². The number of amides is 2. The summed E-state index contributed by atoms with van der Waals surface area (Å²) in [6.45, 7) is 6.67. The minimum Gasteiger partial charge on any atom is -0.327 e. The number of nitrogens with zero attached hydrogens (tertiary/aromatic N) is 5. The van der Waals surface area contributed by atoms with Crippen LogP contribution in [0.1, 0.15) is 38.2 Å². The maximum Gasteiger partial charge on any atom is 0.245 e. The Morgan fingerprint density at radius 2 is 1.88 bits per heavy atom. The molecule has 0 N–H and O–H groups in total. The molecule has 2 aromatic rings. The lowest BCUT2D eigenvalue weighted by Gasteiger charge is -2.38. The van der Waals surface area contributed by atoms with Crippen LogP contribution in [0.25, 0.3) is 0 Å². The predicted molar refractivity (Wildman–Crippen MR) is 92.3 cm³/mol. The minimum absolute atomic E-state index is 0.0425. The summed E-state index contributed by atoms with van der Waals surface area (Å²) in [5.41, 5.74) is 1.02. The molecular weight excluding hydrogens is 318 g/mol. The lowest BCUT2D eigenvalue weighted by Crippen LogP contribution is -2.58. The second kappa shape index (κ2) is 7.04. The van der Waals surface area contributed by atoms with Crippen molar-refractivity contribution in [3.05, 3.63) is 48.0 Å². The van der Waals surface area contributed by atoms with Gasteiger partial charge in [0, 0.05) is 12.6 Å². The molecule has 1 fully saturated rings. The molecule has 0 aliphatic carbocycles. The fourth-order valence-electron chi connectivity index (χ4n) is 3.07. The Labute approximate surface area is 147 Å². The van der Waals surface area contributed by atoms with Crippen molar-refractivity contribution in [2.24, 2.45) is 0 Å². The third-order valence-corrected chi connectivity index (χ3v) is 4.51. The molecule has 1 aromatic carbocycles. The summed E-state index contributed by atoms with van der Waals surface area (Å²) < 4.78 is 1.92. The molecule has 1 saturated heterocycles. The quantitative estimate of drug-likeness (QED) is 0.828. The molecular formula is C18H23N5O2. The normalized spacial score (nSPS) is 18.3. The average molecular weight is 341 g/mol. The van der Waals surface area contributed by atoms with Crippen LogP contribution in [0, 0.1) is 0 Å². The van der Waals surface area contributed by atoms with Gasteiger partial charge < -0.3 is 14.4 Å². The molecule has 0 bridgehead atoms. The predicted octanol–water partition coefficient (Wildman–Crippen LogP) is 1.62. The van der Waals surface area contributed by atoms with Crippen molar-refractivity contribution in [1.82, 2.24) is 24.6 Å². The Bertz CT molecular complexity index is 756. The van der Waals surface area contributed by atoms with Gasteiger partial charge in [-0.05, 0) is 26.3 Å². The van der Waals surface area contributed by atoms with E-state index in [4.69, 9.17) is 0 Å². The number of piperazine rings is 1. The Balaban J connectivity index is 1.73. The maximum absolute atomic E-state index is 12.7. The average Bonchev–Trinajstić information content (AvgIpc) is 3.06. The zero-order valence-corrected chi connectivity index (χ0v) is 14.8. The molecule has 1 aliphatic heterocycles. The van der Waals surface area contributed by atoms with Crippen molar-refractivity contribution in [3.8, 4) is 0 Å². The lowest BCUT2D eigenvalue weighted by atomic mass is 10.1. The van der Waals surface area contributed by atoms with Crippen LogP contribution in [-0.2, 0) is 22.7 Å². The van der Waals surface area contributed by atoms with Crippen molar-refractivity contribution >= 4 is 11.8 Å². The largest absolute Gasteiger partial charge is 0.327 e. The maximum atomic E-state index is 12.7.